The SMILES string of the molecule is COC(=O)C1c2ccc(OCc3ccc(Br)cc3)cc2CCN1C(=O)OCC(C)C. The number of hydrogen-bond acceptors (Lipinski definition) is 5. The number of nitrogens with zero attached hydrogens (tertiary/aromatic N) is 1. The maximum absolute atomic E-state index is 12.6. The van der Waals surface area contributed by atoms with Crippen LogP contribution in [0.2, 0.25) is 0 Å². The van der Waals surface area contributed by atoms with Crippen molar-refractivity contribution in [3.8, 4) is 5.75 Å². The van der Waals surface area contributed by atoms with Crippen molar-refractivity contribution in [1.82, 2.24) is 4.90 Å². The van der Waals surface area contributed by atoms with E-state index in [1.54, 1.807) is 0 Å². The number of carbonyl (C=O) groups excluding carboxylic acids is 2. The third-order valence-corrected chi connectivity index (χ3v) is 5.39. The number of hydrogen-bond donors (Lipinski definition) is 0. The smallest absolute Gasteiger partial charge is 0.410 e. The Balaban J connectivity index is 1.77. The Kier molecular flexibility index (Phi) is 7.37. The molecule has 160 valence electrons. The highest BCUT2D eigenvalue weighted by atomic mass is 79.9. The van der Waals surface area contributed by atoms with Crippen LogP contribution in [0.25, 0.3) is 0 Å². The van der Waals surface area contributed by atoms with Crippen molar-refractivity contribution in [3.63, 3.8) is 0 Å². The largest absolute Gasteiger partial charge is 0.489 e. The maximum Gasteiger partial charge on any atom is 0.410 e. The summed E-state index contributed by atoms with van der Waals surface area (Å²) in [6.45, 7) is 5.05. The molecule has 0 radical (unpaired) electrons. The second-order valence-corrected chi connectivity index (χ2v) is 8.53. The summed E-state index contributed by atoms with van der Waals surface area (Å²) in [4.78, 5) is 26.5. The lowest BCUT2D eigenvalue weighted by Gasteiger charge is -2.35. The first-order valence-electron chi connectivity index (χ1n) is 9.90. The summed E-state index contributed by atoms with van der Waals surface area (Å²) in [5.74, 6) is 0.449. The van der Waals surface area contributed by atoms with E-state index in [-0.39, 0.29) is 5.92 Å². The van der Waals surface area contributed by atoms with Crippen molar-refractivity contribution in [3.05, 3.63) is 63.6 Å². The molecule has 1 aliphatic rings. The number of ether oxygens (including phenoxy) is 3. The van der Waals surface area contributed by atoms with Crippen LogP contribution >= 0.6 is 15.9 Å². The first-order valence-corrected chi connectivity index (χ1v) is 10.7. The lowest BCUT2D eigenvalue weighted by Crippen LogP contribution is -2.44. The van der Waals surface area contributed by atoms with Crippen molar-refractivity contribution >= 4 is 28.0 Å². The Hall–Kier alpha value is -2.54. The van der Waals surface area contributed by atoms with Crippen LogP contribution in [0, 0.1) is 5.92 Å². The van der Waals surface area contributed by atoms with E-state index >= 15 is 0 Å². The van der Waals surface area contributed by atoms with Crippen molar-refractivity contribution in [2.45, 2.75) is 32.9 Å². The molecule has 1 heterocycles. The topological polar surface area (TPSA) is 65.1 Å². The number of esters is 1. The highest BCUT2D eigenvalue weighted by molar-refractivity contribution is 9.10. The molecule has 0 fully saturated rings. The third-order valence-electron chi connectivity index (χ3n) is 4.86. The van der Waals surface area contributed by atoms with Crippen molar-refractivity contribution in [2.24, 2.45) is 5.92 Å². The predicted octanol–water partition coefficient (Wildman–Crippen LogP) is 4.89. The minimum atomic E-state index is -0.820. The van der Waals surface area contributed by atoms with Crippen LogP contribution in [0.4, 0.5) is 4.79 Å². The van der Waals surface area contributed by atoms with Gasteiger partial charge in [-0.05, 0) is 53.3 Å². The molecule has 0 aromatic heterocycles. The van der Waals surface area contributed by atoms with Crippen molar-refractivity contribution in [2.75, 3.05) is 20.3 Å². The summed E-state index contributed by atoms with van der Waals surface area (Å²) in [6.07, 6.45) is 0.107. The molecule has 2 aromatic rings. The minimum Gasteiger partial charge on any atom is -0.489 e. The van der Waals surface area contributed by atoms with E-state index in [1.165, 1.54) is 12.0 Å². The molecule has 6 nitrogen and oxygen atoms in total. The maximum atomic E-state index is 12.6. The number of halogens is 1. The zero-order valence-electron chi connectivity index (χ0n) is 17.4. The third kappa shape index (κ3) is 5.33. The molecular weight excluding hydrogens is 450 g/mol. The molecular formula is C23H26BrNO5. The van der Waals surface area contributed by atoms with Gasteiger partial charge in [-0.3, -0.25) is 4.90 Å². The van der Waals surface area contributed by atoms with Crippen molar-refractivity contribution in [1.29, 1.82) is 0 Å². The van der Waals surface area contributed by atoms with Crippen LogP contribution in [-0.2, 0) is 27.3 Å². The number of amides is 1. The fourth-order valence-electron chi connectivity index (χ4n) is 3.32. The van der Waals surface area contributed by atoms with E-state index in [2.05, 4.69) is 15.9 Å². The van der Waals surface area contributed by atoms with Crippen LogP contribution in [-0.4, -0.2) is 37.2 Å². The number of rotatable bonds is 6. The normalized spacial score (nSPS) is 15.5. The van der Waals surface area contributed by atoms with Crippen LogP contribution in [0.3, 0.4) is 0 Å². The van der Waals surface area contributed by atoms with Gasteiger partial charge in [-0.2, -0.15) is 0 Å². The standard InChI is InChI=1S/C23H26BrNO5/c1-15(2)13-30-23(27)25-11-10-17-12-19(8-9-20(17)21(25)22(26)28-3)29-14-16-4-6-18(24)7-5-16/h4-9,12,15,21H,10-11,13-14H2,1-3H3. The molecule has 1 amide bonds. The van der Waals surface area contributed by atoms with Gasteiger partial charge in [0, 0.05) is 11.0 Å². The van der Waals surface area contributed by atoms with E-state index in [1.807, 2.05) is 56.3 Å². The Morgan fingerprint density at radius 3 is 2.57 bits per heavy atom. The first kappa shape index (κ1) is 22.2. The molecule has 0 bridgehead atoms. The quantitative estimate of drug-likeness (QED) is 0.556. The van der Waals surface area contributed by atoms with Crippen LogP contribution < -0.4 is 4.74 Å². The summed E-state index contributed by atoms with van der Waals surface area (Å²) in [7, 11) is 1.32. The molecule has 0 saturated heterocycles. The molecule has 3 rings (SSSR count). The molecule has 0 saturated carbocycles. The fourth-order valence-corrected chi connectivity index (χ4v) is 3.59. The molecule has 0 aliphatic carbocycles. The van der Waals surface area contributed by atoms with Gasteiger partial charge in [0.15, 0.2) is 6.04 Å². The highest BCUT2D eigenvalue weighted by Gasteiger charge is 2.37. The Bertz CT molecular complexity index is 897. The van der Waals surface area contributed by atoms with Gasteiger partial charge in [-0.1, -0.05) is 48.0 Å². The molecule has 30 heavy (non-hydrogen) atoms. The van der Waals surface area contributed by atoms with Gasteiger partial charge in [0.05, 0.1) is 13.7 Å². The van der Waals surface area contributed by atoms with Gasteiger partial charge in [0.25, 0.3) is 0 Å². The minimum absolute atomic E-state index is 0.216. The molecule has 7 heteroatoms. The van der Waals surface area contributed by atoms with Crippen LogP contribution in [0.1, 0.15) is 36.6 Å². The molecule has 0 spiro atoms. The number of methoxy groups -OCH3 is 1. The predicted molar refractivity (Wildman–Crippen MR) is 116 cm³/mol. The summed E-state index contributed by atoms with van der Waals surface area (Å²) in [6, 6.07) is 12.7. The lowest BCUT2D eigenvalue weighted by molar-refractivity contribution is -0.147. The van der Waals surface area contributed by atoms with E-state index in [0.29, 0.717) is 26.2 Å². The van der Waals surface area contributed by atoms with Gasteiger partial charge in [-0.15, -0.1) is 0 Å². The number of fused-ring (bicyclic) bond motifs is 1. The van der Waals surface area contributed by atoms with Gasteiger partial charge >= 0.3 is 12.1 Å². The zero-order valence-corrected chi connectivity index (χ0v) is 19.0. The fraction of sp³-hybridized carbons (Fsp3) is 0.391. The highest BCUT2D eigenvalue weighted by Crippen LogP contribution is 2.34. The Morgan fingerprint density at radius 1 is 1.17 bits per heavy atom. The van der Waals surface area contributed by atoms with Gasteiger partial charge in [0.1, 0.15) is 12.4 Å². The average molecular weight is 476 g/mol. The van der Waals surface area contributed by atoms with Gasteiger partial charge in [0.2, 0.25) is 0 Å². The number of carbonyl (C=O) groups is 2. The first-order chi connectivity index (χ1) is 14.4. The zero-order chi connectivity index (χ0) is 21.7. The van der Waals surface area contributed by atoms with Crippen molar-refractivity contribution < 1.29 is 23.8 Å². The summed E-state index contributed by atoms with van der Waals surface area (Å²) >= 11 is 3.42. The van der Waals surface area contributed by atoms with E-state index in [9.17, 15) is 9.59 Å². The Morgan fingerprint density at radius 2 is 1.90 bits per heavy atom. The molecule has 1 atom stereocenters. The summed E-state index contributed by atoms with van der Waals surface area (Å²) in [5, 5.41) is 0. The van der Waals surface area contributed by atoms with Crippen LogP contribution in [0.15, 0.2) is 46.9 Å². The molecule has 0 N–H and O–H groups in total. The van der Waals surface area contributed by atoms with E-state index in [0.717, 1.165) is 26.9 Å². The monoisotopic (exact) mass is 475 g/mol. The molecule has 1 unspecified atom stereocenters. The van der Waals surface area contributed by atoms with Gasteiger partial charge < -0.3 is 14.2 Å². The average Bonchev–Trinajstić information content (AvgIpc) is 2.75. The van der Waals surface area contributed by atoms with Gasteiger partial charge in [-0.25, -0.2) is 9.59 Å². The molecule has 2 aromatic carbocycles. The Labute approximate surface area is 185 Å². The van der Waals surface area contributed by atoms with E-state index < -0.39 is 18.1 Å². The lowest BCUT2D eigenvalue weighted by atomic mass is 9.92. The second kappa shape index (κ2) is 9.98. The second-order valence-electron chi connectivity index (χ2n) is 7.62. The summed E-state index contributed by atoms with van der Waals surface area (Å²) < 4.78 is 17.3. The summed E-state index contributed by atoms with van der Waals surface area (Å²) in [5.41, 5.74) is 2.76. The molecule has 1 aliphatic heterocycles. The number of benzene rings is 2. The van der Waals surface area contributed by atoms with E-state index in [4.69, 9.17) is 14.2 Å². The van der Waals surface area contributed by atoms with Crippen LogP contribution in [0.5, 0.6) is 5.75 Å².